The minimum absolute atomic E-state index is 0.240. The first kappa shape index (κ1) is 14.0. The molecule has 0 spiro atoms. The molecule has 18 heavy (non-hydrogen) atoms. The standard InChI is InChI=1S/C15H20INO/c1-15(2)8-3-9-17(11-15)10-14(18)12-4-6-13(16)7-5-12/h4-7H,3,8-11H2,1-2H3. The second-order valence-corrected chi connectivity index (χ2v) is 7.15. The van der Waals surface area contributed by atoms with Crippen molar-refractivity contribution in [2.24, 2.45) is 5.41 Å². The number of hydrogen-bond acceptors (Lipinski definition) is 2. The number of Topliss-reactive ketones (excluding diaryl/α,β-unsaturated/α-hetero) is 1. The van der Waals surface area contributed by atoms with Crippen molar-refractivity contribution in [1.29, 1.82) is 0 Å². The van der Waals surface area contributed by atoms with Gasteiger partial charge in [0.1, 0.15) is 0 Å². The zero-order valence-electron chi connectivity index (χ0n) is 11.1. The van der Waals surface area contributed by atoms with E-state index in [0.29, 0.717) is 12.0 Å². The first-order valence-electron chi connectivity index (χ1n) is 6.47. The van der Waals surface area contributed by atoms with E-state index in [2.05, 4.69) is 41.3 Å². The summed E-state index contributed by atoms with van der Waals surface area (Å²) in [6.07, 6.45) is 2.47. The summed E-state index contributed by atoms with van der Waals surface area (Å²) in [6.45, 7) is 7.22. The van der Waals surface area contributed by atoms with Crippen molar-refractivity contribution in [3.8, 4) is 0 Å². The van der Waals surface area contributed by atoms with Gasteiger partial charge in [0.25, 0.3) is 0 Å². The van der Waals surface area contributed by atoms with Crippen LogP contribution in [0.3, 0.4) is 0 Å². The third-order valence-corrected chi connectivity index (χ3v) is 4.23. The molecule has 1 aliphatic rings. The molecule has 1 saturated heterocycles. The van der Waals surface area contributed by atoms with Crippen molar-refractivity contribution in [1.82, 2.24) is 4.90 Å². The average Bonchev–Trinajstić information content (AvgIpc) is 2.28. The summed E-state index contributed by atoms with van der Waals surface area (Å²) in [7, 11) is 0. The second-order valence-electron chi connectivity index (χ2n) is 5.91. The molecule has 0 atom stereocenters. The van der Waals surface area contributed by atoms with Gasteiger partial charge >= 0.3 is 0 Å². The fraction of sp³-hybridized carbons (Fsp3) is 0.533. The Labute approximate surface area is 123 Å². The van der Waals surface area contributed by atoms with Gasteiger partial charge in [-0.3, -0.25) is 9.69 Å². The molecule has 1 aromatic carbocycles. The normalized spacial score (nSPS) is 19.7. The van der Waals surface area contributed by atoms with E-state index in [0.717, 1.165) is 18.7 Å². The first-order valence-corrected chi connectivity index (χ1v) is 7.55. The van der Waals surface area contributed by atoms with Gasteiger partial charge in [0, 0.05) is 15.7 Å². The molecular weight excluding hydrogens is 337 g/mol. The molecule has 3 heteroatoms. The maximum absolute atomic E-state index is 12.2. The minimum atomic E-state index is 0.240. The highest BCUT2D eigenvalue weighted by Gasteiger charge is 2.27. The number of likely N-dealkylation sites (tertiary alicyclic amines) is 1. The van der Waals surface area contributed by atoms with Crippen molar-refractivity contribution in [3.63, 3.8) is 0 Å². The summed E-state index contributed by atoms with van der Waals surface area (Å²) < 4.78 is 1.17. The van der Waals surface area contributed by atoms with E-state index in [4.69, 9.17) is 0 Å². The fourth-order valence-corrected chi connectivity index (χ4v) is 2.97. The molecule has 0 N–H and O–H groups in total. The van der Waals surface area contributed by atoms with Gasteiger partial charge in [0.15, 0.2) is 5.78 Å². The van der Waals surface area contributed by atoms with Crippen molar-refractivity contribution >= 4 is 28.4 Å². The smallest absolute Gasteiger partial charge is 0.176 e. The summed E-state index contributed by atoms with van der Waals surface area (Å²) in [5.74, 6) is 0.240. The highest BCUT2D eigenvalue weighted by Crippen LogP contribution is 2.28. The maximum Gasteiger partial charge on any atom is 0.176 e. The minimum Gasteiger partial charge on any atom is -0.295 e. The predicted octanol–water partition coefficient (Wildman–Crippen LogP) is 3.60. The number of halogens is 1. The number of hydrogen-bond donors (Lipinski definition) is 0. The lowest BCUT2D eigenvalue weighted by molar-refractivity contribution is 0.0810. The number of nitrogens with zero attached hydrogens (tertiary/aromatic N) is 1. The van der Waals surface area contributed by atoms with E-state index in [1.54, 1.807) is 0 Å². The van der Waals surface area contributed by atoms with Crippen LogP contribution in [0.2, 0.25) is 0 Å². The van der Waals surface area contributed by atoms with Crippen LogP contribution in [0.25, 0.3) is 0 Å². The molecule has 1 fully saturated rings. The van der Waals surface area contributed by atoms with E-state index in [-0.39, 0.29) is 5.78 Å². The van der Waals surface area contributed by atoms with E-state index < -0.39 is 0 Å². The lowest BCUT2D eigenvalue weighted by atomic mass is 9.84. The Kier molecular flexibility index (Phi) is 4.43. The molecule has 0 aromatic heterocycles. The van der Waals surface area contributed by atoms with E-state index >= 15 is 0 Å². The fourth-order valence-electron chi connectivity index (χ4n) is 2.61. The molecule has 1 aliphatic heterocycles. The average molecular weight is 357 g/mol. The zero-order chi connectivity index (χ0) is 13.2. The Balaban J connectivity index is 1.97. The molecule has 0 amide bonds. The van der Waals surface area contributed by atoms with Crippen LogP contribution in [0.5, 0.6) is 0 Å². The Morgan fingerprint density at radius 2 is 2.00 bits per heavy atom. The molecule has 1 aromatic rings. The zero-order valence-corrected chi connectivity index (χ0v) is 13.2. The van der Waals surface area contributed by atoms with Gasteiger partial charge in [-0.25, -0.2) is 0 Å². The molecule has 2 rings (SSSR count). The topological polar surface area (TPSA) is 20.3 Å². The van der Waals surface area contributed by atoms with Gasteiger partial charge in [-0.05, 0) is 59.5 Å². The molecular formula is C15H20INO. The predicted molar refractivity (Wildman–Crippen MR) is 82.9 cm³/mol. The number of piperidine rings is 1. The Bertz CT molecular complexity index is 425. The highest BCUT2D eigenvalue weighted by molar-refractivity contribution is 14.1. The molecule has 0 unspecified atom stereocenters. The van der Waals surface area contributed by atoms with Crippen LogP contribution < -0.4 is 0 Å². The van der Waals surface area contributed by atoms with Gasteiger partial charge in [0.05, 0.1) is 6.54 Å². The molecule has 98 valence electrons. The molecule has 0 bridgehead atoms. The SMILES string of the molecule is CC1(C)CCCN(CC(=O)c2ccc(I)cc2)C1. The summed E-state index contributed by atoms with van der Waals surface area (Å²) in [6, 6.07) is 7.85. The number of carbonyl (C=O) groups excluding carboxylic acids is 1. The summed E-state index contributed by atoms with van der Waals surface area (Å²) in [5, 5.41) is 0. The number of ketones is 1. The third kappa shape index (κ3) is 3.79. The molecule has 1 heterocycles. The Morgan fingerprint density at radius 1 is 1.33 bits per heavy atom. The van der Waals surface area contributed by atoms with Crippen molar-refractivity contribution < 1.29 is 4.79 Å². The summed E-state index contributed by atoms with van der Waals surface area (Å²) in [5.41, 5.74) is 1.18. The molecule has 2 nitrogen and oxygen atoms in total. The number of benzene rings is 1. The van der Waals surface area contributed by atoms with Crippen molar-refractivity contribution in [2.45, 2.75) is 26.7 Å². The second kappa shape index (κ2) is 5.70. The number of rotatable bonds is 3. The van der Waals surface area contributed by atoms with E-state index in [9.17, 15) is 4.79 Å². The Hall–Kier alpha value is -0.420. The van der Waals surface area contributed by atoms with Crippen LogP contribution in [0.15, 0.2) is 24.3 Å². The van der Waals surface area contributed by atoms with Crippen LogP contribution in [0, 0.1) is 8.99 Å². The summed E-state index contributed by atoms with van der Waals surface area (Å²) in [4.78, 5) is 14.5. The van der Waals surface area contributed by atoms with Gasteiger partial charge in [0.2, 0.25) is 0 Å². The van der Waals surface area contributed by atoms with Crippen molar-refractivity contribution in [3.05, 3.63) is 33.4 Å². The lowest BCUT2D eigenvalue weighted by Crippen LogP contribution is -2.42. The molecule has 0 radical (unpaired) electrons. The monoisotopic (exact) mass is 357 g/mol. The number of carbonyl (C=O) groups is 1. The maximum atomic E-state index is 12.2. The lowest BCUT2D eigenvalue weighted by Gasteiger charge is -2.37. The van der Waals surface area contributed by atoms with Crippen LogP contribution in [-0.4, -0.2) is 30.3 Å². The largest absolute Gasteiger partial charge is 0.295 e. The Morgan fingerprint density at radius 3 is 2.61 bits per heavy atom. The van der Waals surface area contributed by atoms with E-state index in [1.807, 2.05) is 24.3 Å². The van der Waals surface area contributed by atoms with Crippen LogP contribution in [0.1, 0.15) is 37.0 Å². The third-order valence-electron chi connectivity index (χ3n) is 3.51. The van der Waals surface area contributed by atoms with Gasteiger partial charge < -0.3 is 0 Å². The van der Waals surface area contributed by atoms with Crippen molar-refractivity contribution in [2.75, 3.05) is 19.6 Å². The van der Waals surface area contributed by atoms with Crippen LogP contribution in [0.4, 0.5) is 0 Å². The van der Waals surface area contributed by atoms with Crippen LogP contribution in [-0.2, 0) is 0 Å². The van der Waals surface area contributed by atoms with E-state index in [1.165, 1.54) is 16.4 Å². The molecule has 0 aliphatic carbocycles. The van der Waals surface area contributed by atoms with Gasteiger partial charge in [-0.2, -0.15) is 0 Å². The quantitative estimate of drug-likeness (QED) is 0.609. The highest BCUT2D eigenvalue weighted by atomic mass is 127. The van der Waals surface area contributed by atoms with Crippen LogP contribution >= 0.6 is 22.6 Å². The summed E-state index contributed by atoms with van der Waals surface area (Å²) >= 11 is 2.26. The van der Waals surface area contributed by atoms with Gasteiger partial charge in [-0.15, -0.1) is 0 Å². The molecule has 0 saturated carbocycles. The van der Waals surface area contributed by atoms with Gasteiger partial charge in [-0.1, -0.05) is 26.0 Å². The first-order chi connectivity index (χ1) is 8.46.